The van der Waals surface area contributed by atoms with E-state index in [0.717, 1.165) is 18.7 Å². The lowest BCUT2D eigenvalue weighted by molar-refractivity contribution is 0.147. The first-order chi connectivity index (χ1) is 12.1. The van der Waals surface area contributed by atoms with E-state index in [2.05, 4.69) is 27.6 Å². The highest BCUT2D eigenvalue weighted by atomic mass is 16.5. The van der Waals surface area contributed by atoms with Crippen LogP contribution in [0.15, 0.2) is 36.7 Å². The maximum Gasteiger partial charge on any atom is 0.318 e. The minimum absolute atomic E-state index is 0.111. The summed E-state index contributed by atoms with van der Waals surface area (Å²) < 4.78 is 6.94. The number of carbonyl (C=O) groups excluding carboxylic acids is 1. The van der Waals surface area contributed by atoms with Crippen LogP contribution in [-0.2, 0) is 18.2 Å². The lowest BCUT2D eigenvalue weighted by atomic mass is 10.1. The van der Waals surface area contributed by atoms with Crippen molar-refractivity contribution in [2.75, 3.05) is 26.8 Å². The third kappa shape index (κ3) is 5.86. The van der Waals surface area contributed by atoms with Gasteiger partial charge in [-0.3, -0.25) is 0 Å². The van der Waals surface area contributed by atoms with Gasteiger partial charge in [-0.2, -0.15) is 0 Å². The Bertz CT molecular complexity index is 644. The largest absolute Gasteiger partial charge is 0.383 e. The van der Waals surface area contributed by atoms with E-state index >= 15 is 0 Å². The molecule has 2 amide bonds. The lowest BCUT2D eigenvalue weighted by Crippen LogP contribution is -2.43. The van der Waals surface area contributed by atoms with Crippen LogP contribution in [0.2, 0.25) is 0 Å². The molecule has 0 fully saturated rings. The molecule has 7 heteroatoms. The van der Waals surface area contributed by atoms with Crippen molar-refractivity contribution in [3.8, 4) is 0 Å². The molecule has 25 heavy (non-hydrogen) atoms. The van der Waals surface area contributed by atoms with Gasteiger partial charge in [0, 0.05) is 27.2 Å². The van der Waals surface area contributed by atoms with Crippen molar-refractivity contribution in [2.45, 2.75) is 25.8 Å². The minimum atomic E-state index is -0.209. The maximum atomic E-state index is 12.6. The normalized spacial score (nSPS) is 12.0. The average Bonchev–Trinajstić information content (AvgIpc) is 3.04. The number of nitrogens with zero attached hydrogens (tertiary/aromatic N) is 4. The van der Waals surface area contributed by atoms with Gasteiger partial charge in [-0.15, -0.1) is 10.2 Å². The fourth-order valence-corrected chi connectivity index (χ4v) is 2.66. The minimum Gasteiger partial charge on any atom is -0.383 e. The molecule has 2 aromatic rings. The van der Waals surface area contributed by atoms with Gasteiger partial charge < -0.3 is 19.5 Å². The Morgan fingerprint density at radius 1 is 1.32 bits per heavy atom. The van der Waals surface area contributed by atoms with Crippen molar-refractivity contribution in [1.29, 1.82) is 0 Å². The third-order valence-electron chi connectivity index (χ3n) is 4.06. The van der Waals surface area contributed by atoms with Crippen molar-refractivity contribution < 1.29 is 9.53 Å². The molecule has 0 bridgehead atoms. The highest BCUT2D eigenvalue weighted by Crippen LogP contribution is 2.09. The van der Waals surface area contributed by atoms with E-state index in [4.69, 9.17) is 4.74 Å². The Hall–Kier alpha value is -2.41. The Morgan fingerprint density at radius 3 is 2.72 bits per heavy atom. The fourth-order valence-electron chi connectivity index (χ4n) is 2.66. The molecule has 0 aliphatic rings. The van der Waals surface area contributed by atoms with E-state index in [-0.39, 0.29) is 12.1 Å². The van der Waals surface area contributed by atoms with Gasteiger partial charge in [-0.1, -0.05) is 30.3 Å². The molecule has 1 N–H and O–H groups in total. The molecule has 0 saturated carbocycles. The number of ether oxygens (including phenoxy) is 1. The van der Waals surface area contributed by atoms with Crippen LogP contribution in [0.1, 0.15) is 30.8 Å². The number of benzene rings is 1. The first kappa shape index (κ1) is 18.9. The Balaban J connectivity index is 1.88. The average molecular weight is 345 g/mol. The highest BCUT2D eigenvalue weighted by molar-refractivity contribution is 5.74. The number of nitrogens with one attached hydrogen (secondary N) is 1. The van der Waals surface area contributed by atoms with Crippen LogP contribution in [-0.4, -0.2) is 52.5 Å². The van der Waals surface area contributed by atoms with Gasteiger partial charge in [0.15, 0.2) is 5.82 Å². The van der Waals surface area contributed by atoms with Crippen LogP contribution in [0.3, 0.4) is 0 Å². The van der Waals surface area contributed by atoms with Gasteiger partial charge in [-0.25, -0.2) is 4.79 Å². The maximum absolute atomic E-state index is 12.6. The zero-order chi connectivity index (χ0) is 18.1. The van der Waals surface area contributed by atoms with Crippen molar-refractivity contribution in [2.24, 2.45) is 7.05 Å². The van der Waals surface area contributed by atoms with Gasteiger partial charge in [0.05, 0.1) is 12.6 Å². The third-order valence-corrected chi connectivity index (χ3v) is 4.06. The molecule has 1 aromatic carbocycles. The zero-order valence-electron chi connectivity index (χ0n) is 15.2. The number of aryl methyl sites for hydroxylation is 2. The van der Waals surface area contributed by atoms with Crippen molar-refractivity contribution in [3.63, 3.8) is 0 Å². The molecule has 0 aliphatic carbocycles. The van der Waals surface area contributed by atoms with Crippen molar-refractivity contribution in [3.05, 3.63) is 48.0 Å². The summed E-state index contributed by atoms with van der Waals surface area (Å²) in [5.74, 6) is 0.726. The number of rotatable bonds is 9. The standard InChI is InChI=1S/C18H27N5O2/c1-15(17-21-19-14-22(17)2)20-18(24)23(12-13-25-3)11-7-10-16-8-5-4-6-9-16/h4-6,8-9,14-15H,7,10-13H2,1-3H3,(H,20,24)/t15-/m0/s1. The molecule has 1 aromatic heterocycles. The second kappa shape index (κ2) is 9.78. The summed E-state index contributed by atoms with van der Waals surface area (Å²) in [5.41, 5.74) is 1.28. The molecule has 1 heterocycles. The van der Waals surface area contributed by atoms with Gasteiger partial charge in [0.2, 0.25) is 0 Å². The Labute approximate surface area is 149 Å². The molecular weight excluding hydrogens is 318 g/mol. The van der Waals surface area contributed by atoms with Crippen LogP contribution in [0.25, 0.3) is 0 Å². The summed E-state index contributed by atoms with van der Waals surface area (Å²) in [6.07, 6.45) is 3.47. The molecular formula is C18H27N5O2. The van der Waals surface area contributed by atoms with E-state index in [1.165, 1.54) is 5.56 Å². The number of methoxy groups -OCH3 is 1. The number of hydrogen-bond acceptors (Lipinski definition) is 4. The number of aromatic nitrogens is 3. The molecule has 0 saturated heterocycles. The molecule has 0 unspecified atom stereocenters. The zero-order valence-corrected chi connectivity index (χ0v) is 15.2. The molecule has 0 spiro atoms. The molecule has 136 valence electrons. The molecule has 0 aliphatic heterocycles. The van der Waals surface area contributed by atoms with Gasteiger partial charge >= 0.3 is 6.03 Å². The number of carbonyl (C=O) groups is 1. The summed E-state index contributed by atoms with van der Waals surface area (Å²) in [6.45, 7) is 3.65. The fraction of sp³-hybridized carbons (Fsp3) is 0.500. The van der Waals surface area contributed by atoms with E-state index in [1.54, 1.807) is 22.9 Å². The number of hydrogen-bond donors (Lipinski definition) is 1. The highest BCUT2D eigenvalue weighted by Gasteiger charge is 2.18. The second-order valence-corrected chi connectivity index (χ2v) is 6.04. The smallest absolute Gasteiger partial charge is 0.318 e. The summed E-state index contributed by atoms with van der Waals surface area (Å²) in [7, 11) is 3.50. The summed E-state index contributed by atoms with van der Waals surface area (Å²) in [4.78, 5) is 14.4. The van der Waals surface area contributed by atoms with Crippen LogP contribution >= 0.6 is 0 Å². The van der Waals surface area contributed by atoms with E-state index in [0.29, 0.717) is 19.7 Å². The molecule has 2 rings (SSSR count). The first-order valence-corrected chi connectivity index (χ1v) is 8.54. The summed E-state index contributed by atoms with van der Waals surface area (Å²) in [6, 6.07) is 9.97. The SMILES string of the molecule is COCCN(CCCc1ccccc1)C(=O)N[C@@H](C)c1nncn1C. The topological polar surface area (TPSA) is 72.3 Å². The Kier molecular flexibility index (Phi) is 7.40. The lowest BCUT2D eigenvalue weighted by Gasteiger charge is -2.25. The predicted octanol–water partition coefficient (Wildman–Crippen LogP) is 2.17. The van der Waals surface area contributed by atoms with Gasteiger partial charge in [0.1, 0.15) is 6.33 Å². The van der Waals surface area contributed by atoms with E-state index < -0.39 is 0 Å². The number of amides is 2. The quantitative estimate of drug-likeness (QED) is 0.756. The Morgan fingerprint density at radius 2 is 2.08 bits per heavy atom. The van der Waals surface area contributed by atoms with Crippen LogP contribution < -0.4 is 5.32 Å². The van der Waals surface area contributed by atoms with Crippen LogP contribution in [0.5, 0.6) is 0 Å². The monoisotopic (exact) mass is 345 g/mol. The van der Waals surface area contributed by atoms with Gasteiger partial charge in [0.25, 0.3) is 0 Å². The molecule has 7 nitrogen and oxygen atoms in total. The number of urea groups is 1. The van der Waals surface area contributed by atoms with Gasteiger partial charge in [-0.05, 0) is 25.3 Å². The van der Waals surface area contributed by atoms with Crippen molar-refractivity contribution >= 4 is 6.03 Å². The first-order valence-electron chi connectivity index (χ1n) is 8.54. The van der Waals surface area contributed by atoms with Crippen LogP contribution in [0.4, 0.5) is 4.79 Å². The molecule has 1 atom stereocenters. The summed E-state index contributed by atoms with van der Waals surface area (Å²) >= 11 is 0. The van der Waals surface area contributed by atoms with Crippen molar-refractivity contribution in [1.82, 2.24) is 25.0 Å². The predicted molar refractivity (Wildman–Crippen MR) is 96.2 cm³/mol. The van der Waals surface area contributed by atoms with E-state index in [1.807, 2.05) is 32.2 Å². The second-order valence-electron chi connectivity index (χ2n) is 6.04. The van der Waals surface area contributed by atoms with E-state index in [9.17, 15) is 4.79 Å². The van der Waals surface area contributed by atoms with Crippen LogP contribution in [0, 0.1) is 0 Å². The summed E-state index contributed by atoms with van der Waals surface area (Å²) in [5, 5.41) is 10.9. The molecule has 0 radical (unpaired) electrons.